The Labute approximate surface area is 204 Å². The zero-order valence-corrected chi connectivity index (χ0v) is 20.8. The highest BCUT2D eigenvalue weighted by atomic mass is 16.1. The first-order chi connectivity index (χ1) is 16.4. The lowest BCUT2D eigenvalue weighted by Crippen LogP contribution is -2.37. The molecule has 1 heterocycles. The van der Waals surface area contributed by atoms with Gasteiger partial charge in [-0.25, -0.2) is 0 Å². The number of Topliss-reactive ketones (excluding diaryl/α,β-unsaturated/α-hetero) is 1. The highest BCUT2D eigenvalue weighted by Gasteiger charge is 2.26. The average molecular weight is 450 g/mol. The van der Waals surface area contributed by atoms with Gasteiger partial charge in [-0.15, -0.1) is 0 Å². The molecule has 1 saturated heterocycles. The fourth-order valence-electron chi connectivity index (χ4n) is 4.42. The molecule has 174 valence electrons. The van der Waals surface area contributed by atoms with Crippen LogP contribution in [0, 0.1) is 0 Å². The Morgan fingerprint density at radius 2 is 1.12 bits per heavy atom. The van der Waals surface area contributed by atoms with Gasteiger partial charge in [0.15, 0.2) is 5.78 Å². The molecule has 1 fully saturated rings. The number of carbonyl (C=O) groups excluding carboxylic acids is 1. The molecule has 3 aromatic rings. The van der Waals surface area contributed by atoms with Crippen molar-refractivity contribution >= 4 is 17.9 Å². The molecule has 2 heteroatoms. The molecule has 0 bridgehead atoms. The number of piperidine rings is 1. The van der Waals surface area contributed by atoms with Gasteiger partial charge in [0.2, 0.25) is 0 Å². The summed E-state index contributed by atoms with van der Waals surface area (Å²) in [6, 6.07) is 27.7. The highest BCUT2D eigenvalue weighted by molar-refractivity contribution is 6.14. The van der Waals surface area contributed by atoms with Crippen molar-refractivity contribution in [3.05, 3.63) is 118 Å². The highest BCUT2D eigenvalue weighted by Crippen LogP contribution is 2.25. The average Bonchev–Trinajstić information content (AvgIpc) is 2.83. The summed E-state index contributed by atoms with van der Waals surface area (Å²) >= 11 is 0. The van der Waals surface area contributed by atoms with E-state index < -0.39 is 0 Å². The number of likely N-dealkylation sites (tertiary alicyclic amines) is 1. The molecular formula is C32H35NO. The van der Waals surface area contributed by atoms with Crippen LogP contribution in [-0.2, 0) is 11.3 Å². The minimum Gasteiger partial charge on any atom is -0.290 e. The standard InChI is InChI=1S/C32H35NO/c1-23(2)28-14-10-25(11-15-28)18-30-21-33(20-27-8-6-5-7-9-27)22-31(32(30)34)19-26-12-16-29(17-13-26)24(3)4/h5-19,23-24H,20-22H2,1-4H3/b30-18-,31-19-. The van der Waals surface area contributed by atoms with Gasteiger partial charge in [-0.1, -0.05) is 107 Å². The fraction of sp³-hybridized carbons (Fsp3) is 0.281. The summed E-state index contributed by atoms with van der Waals surface area (Å²) in [6.45, 7) is 10.9. The summed E-state index contributed by atoms with van der Waals surface area (Å²) in [5.41, 5.74) is 7.75. The van der Waals surface area contributed by atoms with E-state index in [1.165, 1.54) is 16.7 Å². The molecule has 0 amide bonds. The van der Waals surface area contributed by atoms with Gasteiger partial charge in [0.05, 0.1) is 0 Å². The normalized spacial score (nSPS) is 17.3. The van der Waals surface area contributed by atoms with Gasteiger partial charge >= 0.3 is 0 Å². The number of hydrogen-bond acceptors (Lipinski definition) is 2. The van der Waals surface area contributed by atoms with Gasteiger partial charge in [0.1, 0.15) is 0 Å². The molecule has 2 nitrogen and oxygen atoms in total. The number of carbonyl (C=O) groups is 1. The lowest BCUT2D eigenvalue weighted by Gasteiger charge is -2.30. The zero-order chi connectivity index (χ0) is 24.1. The summed E-state index contributed by atoms with van der Waals surface area (Å²) in [6.07, 6.45) is 4.14. The number of rotatable bonds is 6. The molecule has 0 atom stereocenters. The summed E-state index contributed by atoms with van der Waals surface area (Å²) in [5, 5.41) is 0. The number of hydrogen-bond donors (Lipinski definition) is 0. The predicted molar refractivity (Wildman–Crippen MR) is 144 cm³/mol. The molecule has 0 aromatic heterocycles. The SMILES string of the molecule is CC(C)c1ccc(/C=C2/CN(Cc3ccccc3)C/C(=C/c3ccc(C(C)C)cc3)C2=O)cc1. The Kier molecular flexibility index (Phi) is 7.59. The molecule has 0 radical (unpaired) electrons. The fourth-order valence-corrected chi connectivity index (χ4v) is 4.42. The van der Waals surface area contributed by atoms with E-state index >= 15 is 0 Å². The topological polar surface area (TPSA) is 20.3 Å². The van der Waals surface area contributed by atoms with E-state index in [9.17, 15) is 4.79 Å². The minimum absolute atomic E-state index is 0.158. The van der Waals surface area contributed by atoms with Gasteiger partial charge in [-0.3, -0.25) is 9.69 Å². The van der Waals surface area contributed by atoms with E-state index in [0.717, 1.165) is 28.8 Å². The second-order valence-electron chi connectivity index (χ2n) is 9.94. The Morgan fingerprint density at radius 3 is 1.53 bits per heavy atom. The van der Waals surface area contributed by atoms with Gasteiger partial charge in [0, 0.05) is 30.8 Å². The molecule has 3 aromatic carbocycles. The maximum Gasteiger partial charge on any atom is 0.187 e. The Morgan fingerprint density at radius 1 is 0.676 bits per heavy atom. The molecule has 4 rings (SSSR count). The van der Waals surface area contributed by atoms with Gasteiger partial charge in [-0.05, 0) is 51.8 Å². The Balaban J connectivity index is 1.65. The van der Waals surface area contributed by atoms with E-state index in [1.807, 2.05) is 6.07 Å². The van der Waals surface area contributed by atoms with Crippen LogP contribution in [0.4, 0.5) is 0 Å². The van der Waals surface area contributed by atoms with E-state index in [2.05, 4.69) is 118 Å². The van der Waals surface area contributed by atoms with Crippen LogP contribution in [0.15, 0.2) is 90.0 Å². The van der Waals surface area contributed by atoms with Crippen LogP contribution in [0.25, 0.3) is 12.2 Å². The lowest BCUT2D eigenvalue weighted by molar-refractivity contribution is -0.113. The van der Waals surface area contributed by atoms with Crippen molar-refractivity contribution in [2.75, 3.05) is 13.1 Å². The monoisotopic (exact) mass is 449 g/mol. The third-order valence-electron chi connectivity index (χ3n) is 6.51. The molecule has 0 aliphatic carbocycles. The van der Waals surface area contributed by atoms with Crippen LogP contribution in [0.3, 0.4) is 0 Å². The number of benzene rings is 3. The molecule has 1 aliphatic rings. The zero-order valence-electron chi connectivity index (χ0n) is 20.8. The third-order valence-corrected chi connectivity index (χ3v) is 6.51. The number of ketones is 1. The van der Waals surface area contributed by atoms with Crippen LogP contribution in [0.2, 0.25) is 0 Å². The van der Waals surface area contributed by atoms with Crippen molar-refractivity contribution in [3.63, 3.8) is 0 Å². The maximum atomic E-state index is 13.5. The Hall–Kier alpha value is -3.23. The largest absolute Gasteiger partial charge is 0.290 e. The van der Waals surface area contributed by atoms with E-state index in [1.54, 1.807) is 0 Å². The van der Waals surface area contributed by atoms with Crippen LogP contribution < -0.4 is 0 Å². The van der Waals surface area contributed by atoms with E-state index in [4.69, 9.17) is 0 Å². The van der Waals surface area contributed by atoms with Crippen LogP contribution in [0.1, 0.15) is 67.3 Å². The molecule has 34 heavy (non-hydrogen) atoms. The number of nitrogens with zero attached hydrogens (tertiary/aromatic N) is 1. The first-order valence-electron chi connectivity index (χ1n) is 12.3. The van der Waals surface area contributed by atoms with Crippen molar-refractivity contribution in [2.24, 2.45) is 0 Å². The van der Waals surface area contributed by atoms with Crippen molar-refractivity contribution < 1.29 is 4.79 Å². The Bertz CT molecular complexity index is 1090. The van der Waals surface area contributed by atoms with Crippen molar-refractivity contribution in [2.45, 2.75) is 46.1 Å². The van der Waals surface area contributed by atoms with E-state index in [-0.39, 0.29) is 5.78 Å². The first-order valence-corrected chi connectivity index (χ1v) is 12.3. The predicted octanol–water partition coefficient (Wildman–Crippen LogP) is 7.49. The van der Waals surface area contributed by atoms with Crippen LogP contribution in [-0.4, -0.2) is 23.8 Å². The quantitative estimate of drug-likeness (QED) is 0.363. The van der Waals surface area contributed by atoms with E-state index in [0.29, 0.717) is 24.9 Å². The second-order valence-corrected chi connectivity index (χ2v) is 9.94. The van der Waals surface area contributed by atoms with Gasteiger partial charge in [0.25, 0.3) is 0 Å². The van der Waals surface area contributed by atoms with Crippen molar-refractivity contribution in [1.29, 1.82) is 0 Å². The summed E-state index contributed by atoms with van der Waals surface area (Å²) in [4.78, 5) is 15.9. The smallest absolute Gasteiger partial charge is 0.187 e. The molecule has 0 spiro atoms. The van der Waals surface area contributed by atoms with Crippen LogP contribution >= 0.6 is 0 Å². The summed E-state index contributed by atoms with van der Waals surface area (Å²) in [7, 11) is 0. The minimum atomic E-state index is 0.158. The molecule has 0 saturated carbocycles. The van der Waals surface area contributed by atoms with Crippen molar-refractivity contribution in [3.8, 4) is 0 Å². The van der Waals surface area contributed by atoms with Gasteiger partial charge in [-0.2, -0.15) is 0 Å². The van der Waals surface area contributed by atoms with Crippen molar-refractivity contribution in [1.82, 2.24) is 4.90 Å². The van der Waals surface area contributed by atoms with Gasteiger partial charge < -0.3 is 0 Å². The second kappa shape index (κ2) is 10.8. The molecule has 1 aliphatic heterocycles. The summed E-state index contributed by atoms with van der Waals surface area (Å²) in [5.74, 6) is 1.15. The lowest BCUT2D eigenvalue weighted by atomic mass is 9.93. The first kappa shape index (κ1) is 23.9. The summed E-state index contributed by atoms with van der Waals surface area (Å²) < 4.78 is 0. The molecular weight excluding hydrogens is 414 g/mol. The third kappa shape index (κ3) is 6.01. The molecule has 0 N–H and O–H groups in total. The van der Waals surface area contributed by atoms with Crippen LogP contribution in [0.5, 0.6) is 0 Å². The molecule has 0 unspecified atom stereocenters. The maximum absolute atomic E-state index is 13.5.